The number of hydrogen-bond donors (Lipinski definition) is 0. The Balaban J connectivity index is 1.45. The van der Waals surface area contributed by atoms with Gasteiger partial charge in [0.2, 0.25) is 5.91 Å². The quantitative estimate of drug-likeness (QED) is 0.604. The third-order valence-corrected chi connectivity index (χ3v) is 6.66. The summed E-state index contributed by atoms with van der Waals surface area (Å²) in [5.41, 5.74) is 3.46. The molecule has 2 amide bonds. The summed E-state index contributed by atoms with van der Waals surface area (Å²) >= 11 is 0. The Bertz CT molecular complexity index is 1190. The van der Waals surface area contributed by atoms with E-state index in [0.717, 1.165) is 36.9 Å². The van der Waals surface area contributed by atoms with Gasteiger partial charge in [0.1, 0.15) is 11.5 Å². The predicted octanol–water partition coefficient (Wildman–Crippen LogP) is 3.02. The Morgan fingerprint density at radius 3 is 2.70 bits per heavy atom. The second kappa shape index (κ2) is 8.77. The van der Waals surface area contributed by atoms with Gasteiger partial charge in [-0.1, -0.05) is 30.3 Å². The first-order chi connectivity index (χ1) is 16.0. The average molecular weight is 445 g/mol. The lowest BCUT2D eigenvalue weighted by Gasteiger charge is -2.35. The van der Waals surface area contributed by atoms with E-state index in [1.54, 1.807) is 28.9 Å². The van der Waals surface area contributed by atoms with E-state index in [0.29, 0.717) is 36.8 Å². The fraction of sp³-hybridized carbons (Fsp3) is 0.400. The molecule has 0 spiro atoms. The van der Waals surface area contributed by atoms with Gasteiger partial charge in [-0.25, -0.2) is 9.97 Å². The lowest BCUT2D eigenvalue weighted by atomic mass is 10.0. The van der Waals surface area contributed by atoms with Crippen molar-refractivity contribution in [1.29, 1.82) is 0 Å². The third-order valence-electron chi connectivity index (χ3n) is 6.66. The highest BCUT2D eigenvalue weighted by molar-refractivity contribution is 6.00. The number of fused-ring (bicyclic) bond motifs is 1. The van der Waals surface area contributed by atoms with Gasteiger partial charge in [-0.3, -0.25) is 19.2 Å². The SMILES string of the molecule is Cc1nc([C@@H]2CCCCN2C(=O)c2ccnn2C)nc2c1CC(=O)N2CCc1ccccc1. The van der Waals surface area contributed by atoms with Crippen molar-refractivity contribution in [3.05, 3.63) is 70.9 Å². The highest BCUT2D eigenvalue weighted by Crippen LogP contribution is 2.35. The van der Waals surface area contributed by atoms with Crippen LogP contribution in [0.3, 0.4) is 0 Å². The first kappa shape index (κ1) is 21.3. The molecule has 8 heteroatoms. The van der Waals surface area contributed by atoms with E-state index in [4.69, 9.17) is 9.97 Å². The van der Waals surface area contributed by atoms with Crippen LogP contribution < -0.4 is 4.90 Å². The molecule has 0 unspecified atom stereocenters. The number of amides is 2. The molecule has 5 rings (SSSR count). The molecule has 33 heavy (non-hydrogen) atoms. The van der Waals surface area contributed by atoms with Crippen molar-refractivity contribution >= 4 is 17.6 Å². The maximum Gasteiger partial charge on any atom is 0.272 e. The standard InChI is InChI=1S/C25H28N6O2/c1-17-19-16-22(32)31(15-12-18-8-4-3-5-9-18)24(19)28-23(27-17)20-10-6-7-14-30(20)25(33)21-11-13-26-29(21)2/h3-5,8-9,11,13,20H,6-7,10,12,14-16H2,1-2H3/t20-/m0/s1. The van der Waals surface area contributed by atoms with Crippen LogP contribution in [0.15, 0.2) is 42.6 Å². The van der Waals surface area contributed by atoms with Gasteiger partial charge < -0.3 is 4.90 Å². The van der Waals surface area contributed by atoms with Crippen molar-refractivity contribution in [2.24, 2.45) is 7.05 Å². The van der Waals surface area contributed by atoms with Crippen LogP contribution >= 0.6 is 0 Å². The Kier molecular flexibility index (Phi) is 5.66. The highest BCUT2D eigenvalue weighted by atomic mass is 16.2. The van der Waals surface area contributed by atoms with Crippen molar-refractivity contribution in [2.75, 3.05) is 18.0 Å². The number of carbonyl (C=O) groups is 2. The summed E-state index contributed by atoms with van der Waals surface area (Å²) in [7, 11) is 1.78. The number of hydrogen-bond acceptors (Lipinski definition) is 5. The average Bonchev–Trinajstić information content (AvgIpc) is 3.40. The zero-order valence-corrected chi connectivity index (χ0v) is 19.1. The molecule has 0 radical (unpaired) electrons. The fourth-order valence-electron chi connectivity index (χ4n) is 4.84. The zero-order chi connectivity index (χ0) is 22.9. The molecule has 1 fully saturated rings. The van der Waals surface area contributed by atoms with Gasteiger partial charge in [-0.2, -0.15) is 5.10 Å². The minimum absolute atomic E-state index is 0.0570. The molecule has 1 aromatic carbocycles. The third kappa shape index (κ3) is 4.01. The number of anilines is 1. The van der Waals surface area contributed by atoms with Crippen molar-refractivity contribution in [3.8, 4) is 0 Å². The molecule has 8 nitrogen and oxygen atoms in total. The molecule has 1 saturated heterocycles. The van der Waals surface area contributed by atoms with Crippen molar-refractivity contribution in [3.63, 3.8) is 0 Å². The van der Waals surface area contributed by atoms with Gasteiger partial charge in [0, 0.05) is 37.6 Å². The van der Waals surface area contributed by atoms with E-state index in [2.05, 4.69) is 17.2 Å². The summed E-state index contributed by atoms with van der Waals surface area (Å²) in [5.74, 6) is 1.33. The monoisotopic (exact) mass is 444 g/mol. The van der Waals surface area contributed by atoms with E-state index < -0.39 is 0 Å². The molecule has 2 aliphatic rings. The molecular weight excluding hydrogens is 416 g/mol. The number of likely N-dealkylation sites (tertiary alicyclic amines) is 1. The lowest BCUT2D eigenvalue weighted by molar-refractivity contribution is -0.117. The van der Waals surface area contributed by atoms with Gasteiger partial charge in [-0.15, -0.1) is 0 Å². The second-order valence-corrected chi connectivity index (χ2v) is 8.78. The summed E-state index contributed by atoms with van der Waals surface area (Å²) in [6.45, 7) is 3.17. The minimum Gasteiger partial charge on any atom is -0.327 e. The summed E-state index contributed by atoms with van der Waals surface area (Å²) in [4.78, 5) is 39.5. The molecule has 2 aromatic heterocycles. The van der Waals surface area contributed by atoms with Crippen LogP contribution in [-0.2, 0) is 24.7 Å². The maximum absolute atomic E-state index is 13.3. The van der Waals surface area contributed by atoms with Crippen LogP contribution in [0.5, 0.6) is 0 Å². The van der Waals surface area contributed by atoms with E-state index in [1.165, 1.54) is 5.56 Å². The van der Waals surface area contributed by atoms with Gasteiger partial charge in [-0.05, 0) is 44.2 Å². The molecule has 3 aromatic rings. The number of piperidine rings is 1. The fourth-order valence-corrected chi connectivity index (χ4v) is 4.84. The first-order valence-electron chi connectivity index (χ1n) is 11.5. The van der Waals surface area contributed by atoms with E-state index in [9.17, 15) is 9.59 Å². The van der Waals surface area contributed by atoms with E-state index >= 15 is 0 Å². The second-order valence-electron chi connectivity index (χ2n) is 8.78. The Hall–Kier alpha value is -3.55. The van der Waals surface area contributed by atoms with Gasteiger partial charge >= 0.3 is 0 Å². The summed E-state index contributed by atoms with van der Waals surface area (Å²) < 4.78 is 1.60. The van der Waals surface area contributed by atoms with Crippen molar-refractivity contribution in [1.82, 2.24) is 24.6 Å². The number of carbonyl (C=O) groups excluding carboxylic acids is 2. The van der Waals surface area contributed by atoms with Crippen LogP contribution in [0, 0.1) is 6.92 Å². The molecule has 0 N–H and O–H groups in total. The van der Waals surface area contributed by atoms with Crippen LogP contribution in [-0.4, -0.2) is 49.6 Å². The zero-order valence-electron chi connectivity index (χ0n) is 19.1. The molecule has 2 aliphatic heterocycles. The molecule has 0 saturated carbocycles. The van der Waals surface area contributed by atoms with Crippen LogP contribution in [0.25, 0.3) is 0 Å². The first-order valence-corrected chi connectivity index (χ1v) is 11.5. The van der Waals surface area contributed by atoms with E-state index in [-0.39, 0.29) is 17.9 Å². The Morgan fingerprint density at radius 2 is 1.94 bits per heavy atom. The highest BCUT2D eigenvalue weighted by Gasteiger charge is 2.36. The van der Waals surface area contributed by atoms with Crippen LogP contribution in [0.4, 0.5) is 5.82 Å². The van der Waals surface area contributed by atoms with E-state index in [1.807, 2.05) is 30.0 Å². The lowest BCUT2D eigenvalue weighted by Crippen LogP contribution is -2.40. The summed E-state index contributed by atoms with van der Waals surface area (Å²) in [6.07, 6.45) is 5.50. The summed E-state index contributed by atoms with van der Waals surface area (Å²) in [5, 5.41) is 4.15. The van der Waals surface area contributed by atoms with Gasteiger partial charge in [0.25, 0.3) is 5.91 Å². The number of aryl methyl sites for hydroxylation is 2. The van der Waals surface area contributed by atoms with Crippen molar-refractivity contribution in [2.45, 2.75) is 45.1 Å². The Labute approximate surface area is 193 Å². The normalized spacial score (nSPS) is 18.0. The number of rotatable bonds is 5. The Morgan fingerprint density at radius 1 is 1.12 bits per heavy atom. The molecule has 170 valence electrons. The largest absolute Gasteiger partial charge is 0.327 e. The topological polar surface area (TPSA) is 84.2 Å². The smallest absolute Gasteiger partial charge is 0.272 e. The molecular formula is C25H28N6O2. The van der Waals surface area contributed by atoms with Crippen LogP contribution in [0.2, 0.25) is 0 Å². The number of benzene rings is 1. The maximum atomic E-state index is 13.3. The molecule has 4 heterocycles. The minimum atomic E-state index is -0.211. The number of aromatic nitrogens is 4. The summed E-state index contributed by atoms with van der Waals surface area (Å²) in [6, 6.07) is 11.7. The molecule has 0 aliphatic carbocycles. The molecule has 1 atom stereocenters. The predicted molar refractivity (Wildman–Crippen MR) is 124 cm³/mol. The number of nitrogens with zero attached hydrogens (tertiary/aromatic N) is 6. The van der Waals surface area contributed by atoms with Crippen LogP contribution in [0.1, 0.15) is 58.4 Å². The van der Waals surface area contributed by atoms with Gasteiger partial charge in [0.15, 0.2) is 5.82 Å². The van der Waals surface area contributed by atoms with Crippen molar-refractivity contribution < 1.29 is 9.59 Å². The van der Waals surface area contributed by atoms with Gasteiger partial charge in [0.05, 0.1) is 12.5 Å². The molecule has 0 bridgehead atoms.